The second-order valence-electron chi connectivity index (χ2n) is 3.82. The number of nitrogens with zero attached hydrogens (tertiary/aromatic N) is 1. The van der Waals surface area contributed by atoms with Gasteiger partial charge in [-0.1, -0.05) is 18.2 Å². The fraction of sp³-hybridized carbons (Fsp3) is 0.0714. The summed E-state index contributed by atoms with van der Waals surface area (Å²) in [6.07, 6.45) is 1.67. The number of aryl methyl sites for hydroxylation is 1. The van der Waals surface area contributed by atoms with E-state index in [1.54, 1.807) is 6.26 Å². The van der Waals surface area contributed by atoms with Crippen LogP contribution in [-0.2, 0) is 0 Å². The molecule has 0 amide bonds. The van der Waals surface area contributed by atoms with E-state index >= 15 is 0 Å². The van der Waals surface area contributed by atoms with Crippen molar-refractivity contribution in [2.45, 2.75) is 6.92 Å². The molecule has 2 heteroatoms. The Labute approximate surface area is 93.5 Å². The SMILES string of the molecule is Cc1cc2ccccc2nc1-c1ccco1. The van der Waals surface area contributed by atoms with Crippen LogP contribution in [0.5, 0.6) is 0 Å². The summed E-state index contributed by atoms with van der Waals surface area (Å²) in [5.74, 6) is 0.822. The second-order valence-corrected chi connectivity index (χ2v) is 3.82. The first-order valence-electron chi connectivity index (χ1n) is 5.25. The van der Waals surface area contributed by atoms with E-state index in [0.717, 1.165) is 27.9 Å². The molecule has 0 spiro atoms. The van der Waals surface area contributed by atoms with Gasteiger partial charge in [0.05, 0.1) is 11.8 Å². The summed E-state index contributed by atoms with van der Waals surface area (Å²) in [7, 11) is 0. The molecule has 0 N–H and O–H groups in total. The van der Waals surface area contributed by atoms with Crippen LogP contribution >= 0.6 is 0 Å². The Kier molecular flexibility index (Phi) is 2.00. The minimum Gasteiger partial charge on any atom is -0.463 e. The van der Waals surface area contributed by atoms with Gasteiger partial charge in [0, 0.05) is 5.39 Å². The highest BCUT2D eigenvalue weighted by molar-refractivity contribution is 5.82. The van der Waals surface area contributed by atoms with Crippen molar-refractivity contribution in [1.82, 2.24) is 4.98 Å². The third-order valence-electron chi connectivity index (χ3n) is 2.67. The first-order valence-corrected chi connectivity index (χ1v) is 5.25. The van der Waals surface area contributed by atoms with E-state index in [4.69, 9.17) is 4.42 Å². The first-order chi connectivity index (χ1) is 7.84. The van der Waals surface area contributed by atoms with E-state index in [2.05, 4.69) is 24.0 Å². The maximum absolute atomic E-state index is 5.39. The highest BCUT2D eigenvalue weighted by atomic mass is 16.3. The van der Waals surface area contributed by atoms with Crippen molar-refractivity contribution in [3.8, 4) is 11.5 Å². The number of hydrogen-bond acceptors (Lipinski definition) is 2. The molecule has 0 bridgehead atoms. The number of rotatable bonds is 1. The maximum atomic E-state index is 5.39. The Morgan fingerprint density at radius 1 is 1.06 bits per heavy atom. The van der Waals surface area contributed by atoms with E-state index in [-0.39, 0.29) is 0 Å². The summed E-state index contributed by atoms with van der Waals surface area (Å²) < 4.78 is 5.39. The fourth-order valence-corrected chi connectivity index (χ4v) is 1.88. The molecular weight excluding hydrogens is 198 g/mol. The van der Waals surface area contributed by atoms with E-state index in [0.29, 0.717) is 0 Å². The normalized spacial score (nSPS) is 10.8. The zero-order valence-corrected chi connectivity index (χ0v) is 8.97. The molecule has 0 radical (unpaired) electrons. The van der Waals surface area contributed by atoms with Crippen molar-refractivity contribution >= 4 is 10.9 Å². The molecule has 1 aromatic carbocycles. The van der Waals surface area contributed by atoms with Crippen LogP contribution in [-0.4, -0.2) is 4.98 Å². The van der Waals surface area contributed by atoms with E-state index in [9.17, 15) is 0 Å². The molecule has 0 fully saturated rings. The third kappa shape index (κ3) is 1.39. The predicted octanol–water partition coefficient (Wildman–Crippen LogP) is 3.80. The summed E-state index contributed by atoms with van der Waals surface area (Å²) in [5, 5.41) is 1.16. The quantitative estimate of drug-likeness (QED) is 0.609. The number of pyridine rings is 1. The first kappa shape index (κ1) is 9.16. The zero-order valence-electron chi connectivity index (χ0n) is 8.97. The molecule has 0 unspecified atom stereocenters. The van der Waals surface area contributed by atoms with Crippen molar-refractivity contribution in [3.63, 3.8) is 0 Å². The van der Waals surface area contributed by atoms with Crippen molar-refractivity contribution in [3.05, 3.63) is 54.3 Å². The average molecular weight is 209 g/mol. The van der Waals surface area contributed by atoms with Gasteiger partial charge in [-0.05, 0) is 36.8 Å². The summed E-state index contributed by atoms with van der Waals surface area (Å²) in [4.78, 5) is 4.62. The van der Waals surface area contributed by atoms with Crippen LogP contribution in [0, 0.1) is 6.92 Å². The number of furan rings is 1. The van der Waals surface area contributed by atoms with Crippen LogP contribution in [0.15, 0.2) is 53.1 Å². The fourth-order valence-electron chi connectivity index (χ4n) is 1.88. The molecule has 3 aromatic rings. The number of para-hydroxylation sites is 1. The maximum Gasteiger partial charge on any atom is 0.152 e. The lowest BCUT2D eigenvalue weighted by atomic mass is 10.1. The minimum absolute atomic E-state index is 0.822. The number of benzene rings is 1. The van der Waals surface area contributed by atoms with Crippen molar-refractivity contribution < 1.29 is 4.42 Å². The van der Waals surface area contributed by atoms with Crippen LogP contribution in [0.25, 0.3) is 22.4 Å². The average Bonchev–Trinajstić information content (AvgIpc) is 2.81. The molecule has 0 aliphatic carbocycles. The molecule has 2 heterocycles. The standard InChI is InChI=1S/C14H11NO/c1-10-9-11-5-2-3-6-12(11)15-14(10)13-7-4-8-16-13/h2-9H,1H3. The Hall–Kier alpha value is -2.09. The Bertz CT molecular complexity index is 626. The highest BCUT2D eigenvalue weighted by Gasteiger charge is 2.07. The lowest BCUT2D eigenvalue weighted by Crippen LogP contribution is -1.88. The minimum atomic E-state index is 0.822. The molecule has 0 aliphatic rings. The van der Waals surface area contributed by atoms with Gasteiger partial charge in [0.25, 0.3) is 0 Å². The van der Waals surface area contributed by atoms with Gasteiger partial charge >= 0.3 is 0 Å². The molecule has 0 atom stereocenters. The lowest BCUT2D eigenvalue weighted by molar-refractivity contribution is 0.580. The molecule has 2 aromatic heterocycles. The van der Waals surface area contributed by atoms with E-state index in [1.165, 1.54) is 0 Å². The van der Waals surface area contributed by atoms with Gasteiger partial charge in [0.1, 0.15) is 5.69 Å². The number of aromatic nitrogens is 1. The summed E-state index contributed by atoms with van der Waals surface area (Å²) >= 11 is 0. The molecule has 78 valence electrons. The Morgan fingerprint density at radius 3 is 2.75 bits per heavy atom. The molecule has 3 rings (SSSR count). The van der Waals surface area contributed by atoms with Crippen LogP contribution in [0.3, 0.4) is 0 Å². The van der Waals surface area contributed by atoms with Crippen molar-refractivity contribution in [2.24, 2.45) is 0 Å². The van der Waals surface area contributed by atoms with Gasteiger partial charge in [-0.3, -0.25) is 0 Å². The largest absolute Gasteiger partial charge is 0.463 e. The molecule has 16 heavy (non-hydrogen) atoms. The Morgan fingerprint density at radius 2 is 1.94 bits per heavy atom. The van der Waals surface area contributed by atoms with Gasteiger partial charge in [-0.2, -0.15) is 0 Å². The van der Waals surface area contributed by atoms with E-state index in [1.807, 2.05) is 30.3 Å². The van der Waals surface area contributed by atoms with Crippen molar-refractivity contribution in [2.75, 3.05) is 0 Å². The summed E-state index contributed by atoms with van der Waals surface area (Å²) in [6.45, 7) is 2.05. The van der Waals surface area contributed by atoms with Crippen LogP contribution in [0.2, 0.25) is 0 Å². The zero-order chi connectivity index (χ0) is 11.0. The monoisotopic (exact) mass is 209 g/mol. The second kappa shape index (κ2) is 3.49. The summed E-state index contributed by atoms with van der Waals surface area (Å²) in [5.41, 5.74) is 3.05. The van der Waals surface area contributed by atoms with Gasteiger partial charge in [0.2, 0.25) is 0 Å². The number of hydrogen-bond donors (Lipinski definition) is 0. The molecular formula is C14H11NO. The van der Waals surface area contributed by atoms with Crippen LogP contribution in [0.4, 0.5) is 0 Å². The molecule has 2 nitrogen and oxygen atoms in total. The molecule has 0 saturated heterocycles. The smallest absolute Gasteiger partial charge is 0.152 e. The summed E-state index contributed by atoms with van der Waals surface area (Å²) in [6, 6.07) is 14.1. The predicted molar refractivity (Wildman–Crippen MR) is 64.2 cm³/mol. The van der Waals surface area contributed by atoms with Crippen molar-refractivity contribution in [1.29, 1.82) is 0 Å². The lowest BCUT2D eigenvalue weighted by Gasteiger charge is -2.04. The number of fused-ring (bicyclic) bond motifs is 1. The van der Waals surface area contributed by atoms with E-state index < -0.39 is 0 Å². The highest BCUT2D eigenvalue weighted by Crippen LogP contribution is 2.25. The Balaban J connectivity index is 2.30. The van der Waals surface area contributed by atoms with Gasteiger partial charge in [-0.25, -0.2) is 4.98 Å². The molecule has 0 aliphatic heterocycles. The third-order valence-corrected chi connectivity index (χ3v) is 2.67. The topological polar surface area (TPSA) is 26.0 Å². The molecule has 0 saturated carbocycles. The van der Waals surface area contributed by atoms with Crippen LogP contribution < -0.4 is 0 Å². The van der Waals surface area contributed by atoms with Gasteiger partial charge in [-0.15, -0.1) is 0 Å². The van der Waals surface area contributed by atoms with Crippen LogP contribution in [0.1, 0.15) is 5.56 Å². The van der Waals surface area contributed by atoms with Gasteiger partial charge < -0.3 is 4.42 Å². The van der Waals surface area contributed by atoms with Gasteiger partial charge in [0.15, 0.2) is 5.76 Å².